The molecule has 0 spiro atoms. The van der Waals surface area contributed by atoms with Gasteiger partial charge in [-0.05, 0) is 18.4 Å². The SMILES string of the molecule is Cn1ccnc1C[C@H](NC(=O)CN1CCCCC1=O)c1ccccc1. The second-order valence-electron chi connectivity index (χ2n) is 6.46. The van der Waals surface area contributed by atoms with Crippen LogP contribution in [0.3, 0.4) is 0 Å². The maximum atomic E-state index is 12.5. The van der Waals surface area contributed by atoms with Crippen molar-refractivity contribution < 1.29 is 9.59 Å². The van der Waals surface area contributed by atoms with Gasteiger partial charge in [-0.15, -0.1) is 0 Å². The quantitative estimate of drug-likeness (QED) is 0.872. The van der Waals surface area contributed by atoms with Crippen LogP contribution in [-0.4, -0.2) is 39.4 Å². The second kappa shape index (κ2) is 7.96. The Morgan fingerprint density at radius 3 is 2.76 bits per heavy atom. The average molecular weight is 340 g/mol. The number of likely N-dealkylation sites (tertiary alicyclic amines) is 1. The molecule has 6 nitrogen and oxygen atoms in total. The second-order valence-corrected chi connectivity index (χ2v) is 6.46. The first kappa shape index (κ1) is 17.2. The van der Waals surface area contributed by atoms with Crippen LogP contribution in [-0.2, 0) is 23.1 Å². The minimum absolute atomic E-state index is 0.0711. The molecule has 0 saturated carbocycles. The zero-order valence-electron chi connectivity index (χ0n) is 14.5. The molecule has 1 N–H and O–H groups in total. The fourth-order valence-corrected chi connectivity index (χ4v) is 3.16. The highest BCUT2D eigenvalue weighted by Gasteiger charge is 2.23. The lowest BCUT2D eigenvalue weighted by atomic mass is 10.0. The van der Waals surface area contributed by atoms with Crippen molar-refractivity contribution in [1.29, 1.82) is 0 Å². The number of piperidine rings is 1. The molecule has 3 rings (SSSR count). The average Bonchev–Trinajstić information content (AvgIpc) is 3.02. The fraction of sp³-hybridized carbons (Fsp3) is 0.421. The lowest BCUT2D eigenvalue weighted by molar-refractivity contribution is -0.138. The lowest BCUT2D eigenvalue weighted by Crippen LogP contribution is -2.44. The molecule has 6 heteroatoms. The number of amides is 2. The van der Waals surface area contributed by atoms with E-state index in [2.05, 4.69) is 10.3 Å². The molecule has 0 radical (unpaired) electrons. The Morgan fingerprint density at radius 2 is 2.08 bits per heavy atom. The summed E-state index contributed by atoms with van der Waals surface area (Å²) in [5.74, 6) is 0.850. The van der Waals surface area contributed by atoms with E-state index in [1.807, 2.05) is 48.1 Å². The van der Waals surface area contributed by atoms with Crippen LogP contribution in [0, 0.1) is 0 Å². The summed E-state index contributed by atoms with van der Waals surface area (Å²) < 4.78 is 1.95. The van der Waals surface area contributed by atoms with E-state index in [-0.39, 0.29) is 24.4 Å². The number of aryl methyl sites for hydroxylation is 1. The zero-order valence-corrected chi connectivity index (χ0v) is 14.5. The number of hydrogen-bond acceptors (Lipinski definition) is 3. The molecule has 2 amide bonds. The van der Waals surface area contributed by atoms with Crippen molar-refractivity contribution in [1.82, 2.24) is 19.8 Å². The van der Waals surface area contributed by atoms with Crippen LogP contribution in [0.2, 0.25) is 0 Å². The standard InChI is InChI=1S/C19H24N4O2/c1-22-12-10-20-17(22)13-16(15-7-3-2-4-8-15)21-18(24)14-23-11-6-5-9-19(23)25/h2-4,7-8,10,12,16H,5-6,9,11,13-14H2,1H3,(H,21,24)/t16-/m0/s1. The highest BCUT2D eigenvalue weighted by Crippen LogP contribution is 2.18. The Balaban J connectivity index is 1.69. The number of nitrogens with one attached hydrogen (secondary N) is 1. The highest BCUT2D eigenvalue weighted by atomic mass is 16.2. The number of benzene rings is 1. The van der Waals surface area contributed by atoms with Crippen molar-refractivity contribution in [3.8, 4) is 0 Å². The molecule has 1 fully saturated rings. The number of rotatable bonds is 6. The summed E-state index contributed by atoms with van der Waals surface area (Å²) in [6, 6.07) is 9.70. The highest BCUT2D eigenvalue weighted by molar-refractivity contribution is 5.85. The molecule has 2 heterocycles. The normalized spacial score (nSPS) is 15.9. The predicted molar refractivity (Wildman–Crippen MR) is 94.7 cm³/mol. The van der Waals surface area contributed by atoms with Crippen LogP contribution in [0.4, 0.5) is 0 Å². The van der Waals surface area contributed by atoms with Gasteiger partial charge in [-0.3, -0.25) is 9.59 Å². The number of imidazole rings is 1. The van der Waals surface area contributed by atoms with Crippen molar-refractivity contribution in [2.75, 3.05) is 13.1 Å². The molecule has 132 valence electrons. The number of aromatic nitrogens is 2. The predicted octanol–water partition coefficient (Wildman–Crippen LogP) is 1.83. The Labute approximate surface area is 147 Å². The molecular formula is C19H24N4O2. The first-order valence-corrected chi connectivity index (χ1v) is 8.72. The third-order valence-corrected chi connectivity index (χ3v) is 4.60. The molecule has 25 heavy (non-hydrogen) atoms. The smallest absolute Gasteiger partial charge is 0.240 e. The van der Waals surface area contributed by atoms with Gasteiger partial charge in [0, 0.05) is 38.8 Å². The molecule has 0 bridgehead atoms. The van der Waals surface area contributed by atoms with E-state index >= 15 is 0 Å². The van der Waals surface area contributed by atoms with Gasteiger partial charge < -0.3 is 14.8 Å². The maximum absolute atomic E-state index is 12.5. The third kappa shape index (κ3) is 4.47. The van der Waals surface area contributed by atoms with Crippen LogP contribution >= 0.6 is 0 Å². The summed E-state index contributed by atoms with van der Waals surface area (Å²) in [5.41, 5.74) is 1.03. The number of nitrogens with zero attached hydrogens (tertiary/aromatic N) is 3. The van der Waals surface area contributed by atoms with Crippen LogP contribution in [0.5, 0.6) is 0 Å². The fourth-order valence-electron chi connectivity index (χ4n) is 3.16. The van der Waals surface area contributed by atoms with E-state index in [0.29, 0.717) is 19.4 Å². The molecule has 1 aromatic heterocycles. The lowest BCUT2D eigenvalue weighted by Gasteiger charge is -2.27. The van der Waals surface area contributed by atoms with Crippen molar-refractivity contribution >= 4 is 11.8 Å². The van der Waals surface area contributed by atoms with Gasteiger partial charge in [0.25, 0.3) is 0 Å². The summed E-state index contributed by atoms with van der Waals surface area (Å²) in [6.07, 6.45) is 6.68. The van der Waals surface area contributed by atoms with Crippen LogP contribution in [0.1, 0.15) is 36.7 Å². The van der Waals surface area contributed by atoms with Crippen molar-refractivity contribution in [2.24, 2.45) is 7.05 Å². The van der Waals surface area contributed by atoms with Crippen molar-refractivity contribution in [3.05, 3.63) is 54.1 Å². The van der Waals surface area contributed by atoms with E-state index in [4.69, 9.17) is 0 Å². The van der Waals surface area contributed by atoms with E-state index in [1.54, 1.807) is 11.1 Å². The van der Waals surface area contributed by atoms with Gasteiger partial charge in [-0.1, -0.05) is 30.3 Å². The summed E-state index contributed by atoms with van der Waals surface area (Å²) in [4.78, 5) is 30.5. The summed E-state index contributed by atoms with van der Waals surface area (Å²) in [7, 11) is 1.94. The molecule has 0 unspecified atom stereocenters. The van der Waals surface area contributed by atoms with Crippen LogP contribution < -0.4 is 5.32 Å². The third-order valence-electron chi connectivity index (χ3n) is 4.60. The minimum atomic E-state index is -0.172. The summed E-state index contributed by atoms with van der Waals surface area (Å²) in [6.45, 7) is 0.796. The molecule has 1 aliphatic rings. The summed E-state index contributed by atoms with van der Waals surface area (Å²) in [5, 5.41) is 3.08. The Hall–Kier alpha value is -2.63. The molecule has 1 aromatic carbocycles. The van der Waals surface area contributed by atoms with Gasteiger partial charge in [0.2, 0.25) is 11.8 Å². The molecule has 0 aliphatic carbocycles. The van der Waals surface area contributed by atoms with Crippen molar-refractivity contribution in [3.63, 3.8) is 0 Å². The number of carbonyl (C=O) groups excluding carboxylic acids is 2. The van der Waals surface area contributed by atoms with E-state index < -0.39 is 0 Å². The topological polar surface area (TPSA) is 67.2 Å². The number of hydrogen-bond donors (Lipinski definition) is 1. The summed E-state index contributed by atoms with van der Waals surface area (Å²) >= 11 is 0. The van der Waals surface area contributed by atoms with Crippen molar-refractivity contribution in [2.45, 2.75) is 31.7 Å². The van der Waals surface area contributed by atoms with Gasteiger partial charge in [0.1, 0.15) is 5.82 Å². The van der Waals surface area contributed by atoms with Gasteiger partial charge in [-0.2, -0.15) is 0 Å². The molecule has 1 atom stereocenters. The Bertz CT molecular complexity index is 726. The van der Waals surface area contributed by atoms with E-state index in [0.717, 1.165) is 24.2 Å². The molecule has 1 aliphatic heterocycles. The molecular weight excluding hydrogens is 316 g/mol. The maximum Gasteiger partial charge on any atom is 0.240 e. The van der Waals surface area contributed by atoms with Crippen LogP contribution in [0.15, 0.2) is 42.7 Å². The van der Waals surface area contributed by atoms with Gasteiger partial charge >= 0.3 is 0 Å². The molecule has 1 saturated heterocycles. The monoisotopic (exact) mass is 340 g/mol. The van der Waals surface area contributed by atoms with Gasteiger partial charge in [0.05, 0.1) is 12.6 Å². The first-order valence-electron chi connectivity index (χ1n) is 8.72. The van der Waals surface area contributed by atoms with Gasteiger partial charge in [-0.25, -0.2) is 4.98 Å². The Kier molecular flexibility index (Phi) is 5.48. The first-order chi connectivity index (χ1) is 12.1. The molecule has 2 aromatic rings. The zero-order chi connectivity index (χ0) is 17.6. The van der Waals surface area contributed by atoms with Crippen LogP contribution in [0.25, 0.3) is 0 Å². The van der Waals surface area contributed by atoms with Gasteiger partial charge in [0.15, 0.2) is 0 Å². The van der Waals surface area contributed by atoms with E-state index in [9.17, 15) is 9.59 Å². The van der Waals surface area contributed by atoms with E-state index in [1.165, 1.54) is 0 Å². The largest absolute Gasteiger partial charge is 0.347 e. The Morgan fingerprint density at radius 1 is 1.28 bits per heavy atom. The number of carbonyl (C=O) groups is 2. The minimum Gasteiger partial charge on any atom is -0.347 e.